The Morgan fingerprint density at radius 2 is 1.31 bits per heavy atom. The molecule has 1 aliphatic rings. The lowest BCUT2D eigenvalue weighted by atomic mass is 10.1. The van der Waals surface area contributed by atoms with E-state index in [1.54, 1.807) is 40.1 Å². The number of benzene rings is 2. The van der Waals surface area contributed by atoms with Gasteiger partial charge in [0.15, 0.2) is 0 Å². The smallest absolute Gasteiger partial charge is 0.254 e. The molecule has 1 saturated heterocycles. The Kier molecular flexibility index (Phi) is 7.35. The molecule has 1 heterocycles. The zero-order valence-electron chi connectivity index (χ0n) is 18.9. The van der Waals surface area contributed by atoms with Gasteiger partial charge in [0.2, 0.25) is 5.91 Å². The third-order valence-electron chi connectivity index (χ3n) is 5.40. The highest BCUT2D eigenvalue weighted by molar-refractivity contribution is 5.97. The molecule has 1 N–H and O–H groups in total. The summed E-state index contributed by atoms with van der Waals surface area (Å²) in [5.41, 5.74) is 3.01. The summed E-state index contributed by atoms with van der Waals surface area (Å²) >= 11 is 0. The van der Waals surface area contributed by atoms with Crippen LogP contribution >= 0.6 is 0 Å². The number of methoxy groups -OCH3 is 2. The minimum absolute atomic E-state index is 0.0765. The lowest BCUT2D eigenvalue weighted by molar-refractivity contribution is -0.131. The van der Waals surface area contributed by atoms with Crippen molar-refractivity contribution in [2.24, 2.45) is 0 Å². The average molecular weight is 440 g/mol. The predicted molar refractivity (Wildman–Crippen MR) is 120 cm³/mol. The van der Waals surface area contributed by atoms with Crippen LogP contribution in [0.2, 0.25) is 0 Å². The van der Waals surface area contributed by atoms with Crippen molar-refractivity contribution in [1.82, 2.24) is 15.1 Å². The van der Waals surface area contributed by atoms with E-state index in [1.807, 2.05) is 19.9 Å². The van der Waals surface area contributed by atoms with E-state index >= 15 is 0 Å². The molecule has 0 atom stereocenters. The van der Waals surface area contributed by atoms with E-state index in [2.05, 4.69) is 5.32 Å². The largest absolute Gasteiger partial charge is 0.497 e. The van der Waals surface area contributed by atoms with Crippen molar-refractivity contribution >= 4 is 17.7 Å². The van der Waals surface area contributed by atoms with Gasteiger partial charge >= 0.3 is 0 Å². The molecule has 8 heteroatoms. The molecule has 0 saturated carbocycles. The molecule has 3 rings (SSSR count). The molecule has 1 fully saturated rings. The molecule has 0 radical (unpaired) electrons. The SMILES string of the molecule is COc1cc(OC)cc(C(=O)N2CCN(C(=O)CNC(=O)c3cc(C)cc(C)c3)CC2)c1. The van der Waals surface area contributed by atoms with Crippen LogP contribution in [-0.2, 0) is 4.79 Å². The van der Waals surface area contributed by atoms with Crippen LogP contribution < -0.4 is 14.8 Å². The lowest BCUT2D eigenvalue weighted by Gasteiger charge is -2.35. The molecule has 0 aromatic heterocycles. The Morgan fingerprint density at radius 3 is 1.84 bits per heavy atom. The van der Waals surface area contributed by atoms with Crippen molar-refractivity contribution in [3.63, 3.8) is 0 Å². The zero-order valence-corrected chi connectivity index (χ0v) is 18.9. The second-order valence-electron chi connectivity index (χ2n) is 7.83. The number of carbonyl (C=O) groups excluding carboxylic acids is 3. The number of aryl methyl sites for hydroxylation is 2. The Hall–Kier alpha value is -3.55. The fraction of sp³-hybridized carbons (Fsp3) is 0.375. The van der Waals surface area contributed by atoms with Crippen LogP contribution in [0, 0.1) is 13.8 Å². The molecule has 0 bridgehead atoms. The van der Waals surface area contributed by atoms with Gasteiger partial charge in [-0.05, 0) is 38.1 Å². The maximum absolute atomic E-state index is 12.9. The highest BCUT2D eigenvalue weighted by Gasteiger charge is 2.25. The molecule has 0 unspecified atom stereocenters. The summed E-state index contributed by atoms with van der Waals surface area (Å²) in [6, 6.07) is 10.6. The van der Waals surface area contributed by atoms with Gasteiger partial charge in [-0.15, -0.1) is 0 Å². The fourth-order valence-corrected chi connectivity index (χ4v) is 3.75. The van der Waals surface area contributed by atoms with Gasteiger partial charge in [-0.25, -0.2) is 0 Å². The van der Waals surface area contributed by atoms with E-state index in [1.165, 1.54) is 14.2 Å². The van der Waals surface area contributed by atoms with Crippen molar-refractivity contribution in [1.29, 1.82) is 0 Å². The first-order valence-corrected chi connectivity index (χ1v) is 10.5. The number of piperazine rings is 1. The second kappa shape index (κ2) is 10.2. The second-order valence-corrected chi connectivity index (χ2v) is 7.83. The molecule has 2 aromatic carbocycles. The molecule has 1 aliphatic heterocycles. The standard InChI is InChI=1S/C24H29N3O5/c1-16-9-17(2)11-18(10-16)23(29)25-15-22(28)26-5-7-27(8-6-26)24(30)19-12-20(31-3)14-21(13-19)32-4/h9-14H,5-8,15H2,1-4H3,(H,25,29). The maximum atomic E-state index is 12.9. The van der Waals surface area contributed by atoms with Crippen LogP contribution in [0.5, 0.6) is 11.5 Å². The minimum Gasteiger partial charge on any atom is -0.497 e. The Bertz CT molecular complexity index is 970. The van der Waals surface area contributed by atoms with Crippen molar-refractivity contribution in [3.05, 3.63) is 58.7 Å². The average Bonchev–Trinajstić information content (AvgIpc) is 2.80. The fourth-order valence-electron chi connectivity index (χ4n) is 3.75. The Morgan fingerprint density at radius 1 is 0.781 bits per heavy atom. The summed E-state index contributed by atoms with van der Waals surface area (Å²) in [7, 11) is 3.07. The third-order valence-corrected chi connectivity index (χ3v) is 5.40. The van der Waals surface area contributed by atoms with Gasteiger partial charge in [0.05, 0.1) is 20.8 Å². The van der Waals surface area contributed by atoms with Crippen molar-refractivity contribution in [2.75, 3.05) is 46.9 Å². The summed E-state index contributed by atoms with van der Waals surface area (Å²) in [5, 5.41) is 2.70. The van der Waals surface area contributed by atoms with Crippen LogP contribution in [0.4, 0.5) is 0 Å². The van der Waals surface area contributed by atoms with Gasteiger partial charge in [-0.2, -0.15) is 0 Å². The molecule has 2 aromatic rings. The van der Waals surface area contributed by atoms with E-state index in [4.69, 9.17) is 9.47 Å². The van der Waals surface area contributed by atoms with E-state index in [0.717, 1.165) is 11.1 Å². The summed E-state index contributed by atoms with van der Waals surface area (Å²) in [6.07, 6.45) is 0. The molecule has 0 spiro atoms. The minimum atomic E-state index is -0.272. The van der Waals surface area contributed by atoms with Crippen LogP contribution in [-0.4, -0.2) is 74.5 Å². The quantitative estimate of drug-likeness (QED) is 0.744. The van der Waals surface area contributed by atoms with Gasteiger partial charge in [0.25, 0.3) is 11.8 Å². The highest BCUT2D eigenvalue weighted by Crippen LogP contribution is 2.23. The van der Waals surface area contributed by atoms with E-state index in [-0.39, 0.29) is 24.3 Å². The van der Waals surface area contributed by atoms with Crippen molar-refractivity contribution in [3.8, 4) is 11.5 Å². The van der Waals surface area contributed by atoms with Gasteiger partial charge < -0.3 is 24.6 Å². The molecule has 170 valence electrons. The van der Waals surface area contributed by atoms with E-state index in [9.17, 15) is 14.4 Å². The van der Waals surface area contributed by atoms with E-state index < -0.39 is 0 Å². The molecule has 8 nitrogen and oxygen atoms in total. The highest BCUT2D eigenvalue weighted by atomic mass is 16.5. The summed E-state index contributed by atoms with van der Waals surface area (Å²) in [4.78, 5) is 41.2. The Labute approximate surface area is 188 Å². The zero-order chi connectivity index (χ0) is 23.3. The van der Waals surface area contributed by atoms with Crippen molar-refractivity contribution < 1.29 is 23.9 Å². The number of carbonyl (C=O) groups is 3. The molecular formula is C24H29N3O5. The summed E-state index contributed by atoms with van der Waals surface area (Å²) in [6.45, 7) is 5.42. The van der Waals surface area contributed by atoms with Crippen molar-refractivity contribution in [2.45, 2.75) is 13.8 Å². The molecule has 0 aliphatic carbocycles. The van der Waals surface area contributed by atoms with Crippen LogP contribution in [0.3, 0.4) is 0 Å². The molecule has 32 heavy (non-hydrogen) atoms. The summed E-state index contributed by atoms with van der Waals surface area (Å²) in [5.74, 6) is 0.503. The van der Waals surface area contributed by atoms with Gasteiger partial charge in [-0.3, -0.25) is 14.4 Å². The number of ether oxygens (including phenoxy) is 2. The number of hydrogen-bond donors (Lipinski definition) is 1. The molecular weight excluding hydrogens is 410 g/mol. The number of nitrogens with zero attached hydrogens (tertiary/aromatic N) is 2. The Balaban J connectivity index is 1.53. The number of nitrogens with one attached hydrogen (secondary N) is 1. The van der Waals surface area contributed by atoms with Crippen LogP contribution in [0.25, 0.3) is 0 Å². The van der Waals surface area contributed by atoms with Crippen LogP contribution in [0.15, 0.2) is 36.4 Å². The monoisotopic (exact) mass is 439 g/mol. The predicted octanol–water partition coefficient (Wildman–Crippen LogP) is 2.04. The van der Waals surface area contributed by atoms with Gasteiger partial charge in [0.1, 0.15) is 11.5 Å². The lowest BCUT2D eigenvalue weighted by Crippen LogP contribution is -2.52. The first-order valence-electron chi connectivity index (χ1n) is 10.5. The number of hydrogen-bond acceptors (Lipinski definition) is 5. The van der Waals surface area contributed by atoms with Crippen LogP contribution in [0.1, 0.15) is 31.8 Å². The van der Waals surface area contributed by atoms with E-state index in [0.29, 0.717) is 48.8 Å². The third kappa shape index (κ3) is 5.57. The number of amides is 3. The number of rotatable bonds is 6. The van der Waals surface area contributed by atoms with Gasteiger partial charge in [-0.1, -0.05) is 17.2 Å². The first-order chi connectivity index (χ1) is 15.3. The topological polar surface area (TPSA) is 88.2 Å². The normalized spacial score (nSPS) is 13.5. The maximum Gasteiger partial charge on any atom is 0.254 e. The van der Waals surface area contributed by atoms with Gasteiger partial charge in [0, 0.05) is 43.4 Å². The molecule has 3 amide bonds. The summed E-state index contributed by atoms with van der Waals surface area (Å²) < 4.78 is 10.5. The first kappa shape index (κ1) is 23.1.